The van der Waals surface area contributed by atoms with Gasteiger partial charge in [0, 0.05) is 33.6 Å². The lowest BCUT2D eigenvalue weighted by molar-refractivity contribution is 0.195. The van der Waals surface area contributed by atoms with Gasteiger partial charge in [0.1, 0.15) is 0 Å². The quantitative estimate of drug-likeness (QED) is 0.153. The standard InChI is InChI=1S/C74H64N2/c1-71-41-15-17-43-73(71,3)75(55-25-7-5-8-26-55)67-39-35-53(47-65(67)71)51-33-37-61-63(45-51)69(59-31-19-23-49-21-11-13-29-57(49)59)62-38-34-52(46-64(62)70(61)60-32-20-24-50-22-12-14-30-58(50)60)54-36-40-68-66(48-54)72(2)42-16-18-44-74(72,4)76(68)56-27-9-6-10-28-56/h5-14,19-40,45-48H,15-18,41-44H2,1-4H3. The Balaban J connectivity index is 0.988. The number of benzene rings is 11. The first-order chi connectivity index (χ1) is 37.2. The maximum absolute atomic E-state index is 2.69. The maximum Gasteiger partial charge on any atom is 0.0517 e. The second kappa shape index (κ2) is 16.8. The van der Waals surface area contributed by atoms with Crippen LogP contribution in [-0.2, 0) is 10.8 Å². The molecule has 0 saturated heterocycles. The Labute approximate surface area is 448 Å². The van der Waals surface area contributed by atoms with E-state index in [0.717, 1.165) is 0 Å². The highest BCUT2D eigenvalue weighted by Crippen LogP contribution is 2.63. The van der Waals surface area contributed by atoms with Gasteiger partial charge < -0.3 is 9.80 Å². The van der Waals surface area contributed by atoms with E-state index in [9.17, 15) is 0 Å². The van der Waals surface area contributed by atoms with Crippen LogP contribution in [0.2, 0.25) is 0 Å². The summed E-state index contributed by atoms with van der Waals surface area (Å²) in [6.07, 6.45) is 9.75. The van der Waals surface area contributed by atoms with E-state index >= 15 is 0 Å². The van der Waals surface area contributed by atoms with E-state index in [4.69, 9.17) is 0 Å². The highest BCUT2D eigenvalue weighted by atomic mass is 15.3. The van der Waals surface area contributed by atoms with Crippen LogP contribution in [-0.4, -0.2) is 11.1 Å². The summed E-state index contributed by atoms with van der Waals surface area (Å²) < 4.78 is 0. The summed E-state index contributed by atoms with van der Waals surface area (Å²) in [5.41, 5.74) is 18.4. The number of hydrogen-bond acceptors (Lipinski definition) is 2. The van der Waals surface area contributed by atoms with Crippen molar-refractivity contribution in [3.8, 4) is 44.5 Å². The van der Waals surface area contributed by atoms with Gasteiger partial charge in [-0.1, -0.05) is 197 Å². The fourth-order valence-corrected chi connectivity index (χ4v) is 15.8. The maximum atomic E-state index is 2.69. The third-order valence-electron chi connectivity index (χ3n) is 20.1. The topological polar surface area (TPSA) is 6.48 Å². The molecule has 0 spiro atoms. The van der Waals surface area contributed by atoms with Crippen LogP contribution in [0, 0.1) is 0 Å². The molecule has 370 valence electrons. The largest absolute Gasteiger partial charge is 0.334 e. The van der Waals surface area contributed by atoms with E-state index in [1.54, 1.807) is 0 Å². The second-order valence-electron chi connectivity index (χ2n) is 23.8. The van der Waals surface area contributed by atoms with E-state index in [-0.39, 0.29) is 21.9 Å². The van der Waals surface area contributed by atoms with Crippen molar-refractivity contribution in [2.45, 2.75) is 101 Å². The van der Waals surface area contributed by atoms with Crippen molar-refractivity contribution in [2.75, 3.05) is 9.80 Å². The van der Waals surface area contributed by atoms with E-state index in [2.05, 4.69) is 256 Å². The molecule has 4 unspecified atom stereocenters. The molecule has 76 heavy (non-hydrogen) atoms. The molecule has 0 radical (unpaired) electrons. The molecule has 0 bridgehead atoms. The van der Waals surface area contributed by atoms with Crippen LogP contribution in [0.15, 0.2) is 218 Å². The molecule has 2 heterocycles. The molecule has 0 amide bonds. The van der Waals surface area contributed by atoms with Gasteiger partial charge in [0.05, 0.1) is 11.1 Å². The van der Waals surface area contributed by atoms with Crippen molar-refractivity contribution in [3.63, 3.8) is 0 Å². The molecule has 2 aliphatic heterocycles. The minimum atomic E-state index is -0.0136. The molecule has 0 N–H and O–H groups in total. The molecule has 4 aliphatic rings. The van der Waals surface area contributed by atoms with Gasteiger partial charge in [-0.25, -0.2) is 0 Å². The van der Waals surface area contributed by atoms with E-state index in [0.29, 0.717) is 0 Å². The molecule has 2 fully saturated rings. The SMILES string of the molecule is CC12CCCCC1(C)N(c1ccccc1)c1ccc(-c3ccc4c(-c5cccc6ccccc56)c5cc(-c6ccc7c(c6)C6(C)CCCCC6(C)N7c6ccccc6)ccc5c(-c5cccc6ccccc56)c4c3)cc12. The summed E-state index contributed by atoms with van der Waals surface area (Å²) in [5, 5.41) is 10.1. The van der Waals surface area contributed by atoms with Gasteiger partial charge in [-0.3, -0.25) is 0 Å². The minimum absolute atomic E-state index is 0.0136. The van der Waals surface area contributed by atoms with Gasteiger partial charge in [0.25, 0.3) is 0 Å². The number of fused-ring (bicyclic) bond motifs is 10. The lowest BCUT2D eigenvalue weighted by Crippen LogP contribution is -2.54. The molecule has 4 atom stereocenters. The molecule has 15 rings (SSSR count). The van der Waals surface area contributed by atoms with Gasteiger partial charge in [-0.2, -0.15) is 0 Å². The number of anilines is 4. The van der Waals surface area contributed by atoms with Crippen molar-refractivity contribution in [1.29, 1.82) is 0 Å². The molecule has 11 aromatic rings. The third kappa shape index (κ3) is 6.34. The summed E-state index contributed by atoms with van der Waals surface area (Å²) in [5.74, 6) is 0. The Morgan fingerprint density at radius 3 is 1.12 bits per heavy atom. The van der Waals surface area contributed by atoms with E-state index in [1.165, 1.54) is 173 Å². The summed E-state index contributed by atoms with van der Waals surface area (Å²) >= 11 is 0. The second-order valence-corrected chi connectivity index (χ2v) is 23.8. The van der Waals surface area contributed by atoms with Crippen molar-refractivity contribution in [1.82, 2.24) is 0 Å². The van der Waals surface area contributed by atoms with Crippen LogP contribution in [0.3, 0.4) is 0 Å². The fraction of sp³-hybridized carbons (Fsp3) is 0.216. The predicted octanol–water partition coefficient (Wildman–Crippen LogP) is 20.5. The van der Waals surface area contributed by atoms with Crippen LogP contribution in [0.4, 0.5) is 22.7 Å². The Bertz CT molecular complexity index is 3870. The summed E-state index contributed by atoms with van der Waals surface area (Å²) in [4.78, 5) is 5.38. The van der Waals surface area contributed by atoms with Gasteiger partial charge in [0.2, 0.25) is 0 Å². The monoisotopic (exact) mass is 981 g/mol. The average Bonchev–Trinajstić information content (AvgIpc) is 4.06. The average molecular weight is 981 g/mol. The highest BCUT2D eigenvalue weighted by molar-refractivity contribution is 6.26. The fourth-order valence-electron chi connectivity index (χ4n) is 15.8. The Kier molecular flexibility index (Phi) is 10.0. The zero-order valence-electron chi connectivity index (χ0n) is 44.3. The van der Waals surface area contributed by atoms with Crippen LogP contribution in [0.25, 0.3) is 87.6 Å². The van der Waals surface area contributed by atoms with Gasteiger partial charge in [-0.15, -0.1) is 0 Å². The molecule has 2 heteroatoms. The smallest absolute Gasteiger partial charge is 0.0517 e. The van der Waals surface area contributed by atoms with Crippen molar-refractivity contribution < 1.29 is 0 Å². The molecule has 2 aliphatic carbocycles. The minimum Gasteiger partial charge on any atom is -0.334 e. The summed E-state index contributed by atoms with van der Waals surface area (Å²) in [7, 11) is 0. The molecule has 11 aromatic carbocycles. The first kappa shape index (κ1) is 45.5. The van der Waals surface area contributed by atoms with Crippen LogP contribution >= 0.6 is 0 Å². The van der Waals surface area contributed by atoms with Gasteiger partial charge >= 0.3 is 0 Å². The van der Waals surface area contributed by atoms with Crippen LogP contribution in [0.5, 0.6) is 0 Å². The lowest BCUT2D eigenvalue weighted by atomic mass is 9.61. The molecule has 0 aromatic heterocycles. The number of rotatable bonds is 6. The molecular formula is C74H64N2. The van der Waals surface area contributed by atoms with Crippen LogP contribution < -0.4 is 9.80 Å². The highest BCUT2D eigenvalue weighted by Gasteiger charge is 2.59. The number of hydrogen-bond donors (Lipinski definition) is 0. The van der Waals surface area contributed by atoms with Crippen molar-refractivity contribution in [3.05, 3.63) is 230 Å². The first-order valence-electron chi connectivity index (χ1n) is 28.2. The molecular weight excluding hydrogens is 917 g/mol. The number of para-hydroxylation sites is 2. The van der Waals surface area contributed by atoms with E-state index in [1.807, 2.05) is 0 Å². The first-order valence-corrected chi connectivity index (χ1v) is 28.2. The van der Waals surface area contributed by atoms with E-state index < -0.39 is 0 Å². The van der Waals surface area contributed by atoms with Gasteiger partial charge in [0.15, 0.2) is 0 Å². The Hall–Kier alpha value is -7.94. The summed E-state index contributed by atoms with van der Waals surface area (Å²) in [6.45, 7) is 10.2. The normalized spacial score (nSPS) is 22.7. The molecule has 2 saturated carbocycles. The Morgan fingerprint density at radius 2 is 0.671 bits per heavy atom. The Morgan fingerprint density at radius 1 is 0.303 bits per heavy atom. The van der Waals surface area contributed by atoms with Crippen molar-refractivity contribution >= 4 is 65.8 Å². The zero-order chi connectivity index (χ0) is 51.0. The van der Waals surface area contributed by atoms with Crippen molar-refractivity contribution in [2.24, 2.45) is 0 Å². The third-order valence-corrected chi connectivity index (χ3v) is 20.1. The number of nitrogens with zero attached hydrogens (tertiary/aromatic N) is 2. The summed E-state index contributed by atoms with van der Waals surface area (Å²) in [6, 6.07) is 83.8. The van der Waals surface area contributed by atoms with Crippen LogP contribution in [0.1, 0.15) is 90.2 Å². The molecule has 2 nitrogen and oxygen atoms in total. The van der Waals surface area contributed by atoms with Gasteiger partial charge in [-0.05, 0) is 199 Å². The zero-order valence-corrected chi connectivity index (χ0v) is 44.3. The predicted molar refractivity (Wildman–Crippen MR) is 324 cm³/mol. The lowest BCUT2D eigenvalue weighted by Gasteiger charge is -2.50.